The van der Waals surface area contributed by atoms with Crippen LogP contribution in [0.25, 0.3) is 16.9 Å². The van der Waals surface area contributed by atoms with Gasteiger partial charge in [-0.1, -0.05) is 28.1 Å². The Morgan fingerprint density at radius 3 is 2.53 bits per heavy atom. The van der Waals surface area contributed by atoms with Gasteiger partial charge in [0.25, 0.3) is 0 Å². The Hall–Kier alpha value is -1.81. The molecule has 3 rings (SSSR count). The summed E-state index contributed by atoms with van der Waals surface area (Å²) >= 11 is 3.45. The Kier molecular flexibility index (Phi) is 2.82. The summed E-state index contributed by atoms with van der Waals surface area (Å²) in [4.78, 5) is 4.74. The van der Waals surface area contributed by atoms with Gasteiger partial charge in [-0.3, -0.25) is 0 Å². The summed E-state index contributed by atoms with van der Waals surface area (Å²) in [6.45, 7) is 4.10. The summed E-state index contributed by atoms with van der Waals surface area (Å²) in [6.07, 6.45) is 1.92. The van der Waals surface area contributed by atoms with Crippen molar-refractivity contribution in [2.75, 3.05) is 5.73 Å². The van der Waals surface area contributed by atoms with E-state index in [-0.39, 0.29) is 0 Å². The van der Waals surface area contributed by atoms with Gasteiger partial charge in [-0.05, 0) is 37.6 Å². The van der Waals surface area contributed by atoms with Crippen molar-refractivity contribution in [3.8, 4) is 11.3 Å². The normalized spacial score (nSPS) is 11.1. The largest absolute Gasteiger partial charge is 0.398 e. The molecule has 0 aliphatic heterocycles. The first-order valence-electron chi connectivity index (χ1n) is 6.07. The van der Waals surface area contributed by atoms with E-state index in [1.54, 1.807) is 0 Å². The Morgan fingerprint density at radius 1 is 1.16 bits per heavy atom. The molecule has 0 bridgehead atoms. The number of hydrogen-bond acceptors (Lipinski definition) is 2. The molecular formula is C15H14BrN3. The number of aromatic nitrogens is 2. The first-order valence-corrected chi connectivity index (χ1v) is 6.86. The molecule has 0 unspecified atom stereocenters. The van der Waals surface area contributed by atoms with Crippen LogP contribution in [0.15, 0.2) is 41.0 Å². The number of nitrogen functional groups attached to an aromatic ring is 1. The maximum atomic E-state index is 5.91. The molecule has 0 fully saturated rings. The lowest BCUT2D eigenvalue weighted by molar-refractivity contribution is 1.10. The summed E-state index contributed by atoms with van der Waals surface area (Å²) in [5.41, 5.74) is 11.9. The van der Waals surface area contributed by atoms with E-state index in [1.165, 1.54) is 0 Å². The highest BCUT2D eigenvalue weighted by Crippen LogP contribution is 2.27. The van der Waals surface area contributed by atoms with Crippen LogP contribution in [-0.4, -0.2) is 9.38 Å². The number of nitrogens with zero attached hydrogens (tertiary/aromatic N) is 2. The lowest BCUT2D eigenvalue weighted by atomic mass is 10.1. The van der Waals surface area contributed by atoms with Crippen molar-refractivity contribution >= 4 is 27.3 Å². The topological polar surface area (TPSA) is 43.3 Å². The second kappa shape index (κ2) is 4.38. The van der Waals surface area contributed by atoms with E-state index in [0.29, 0.717) is 0 Å². The molecule has 2 N–H and O–H groups in total. The van der Waals surface area contributed by atoms with E-state index < -0.39 is 0 Å². The number of anilines is 1. The highest BCUT2D eigenvalue weighted by Gasteiger charge is 2.12. The van der Waals surface area contributed by atoms with Crippen molar-refractivity contribution in [1.29, 1.82) is 0 Å². The van der Waals surface area contributed by atoms with E-state index in [9.17, 15) is 0 Å². The van der Waals surface area contributed by atoms with Gasteiger partial charge in [-0.25, -0.2) is 4.98 Å². The fraction of sp³-hybridized carbons (Fsp3) is 0.133. The first kappa shape index (κ1) is 12.2. The van der Waals surface area contributed by atoms with Gasteiger partial charge in [-0.2, -0.15) is 0 Å². The zero-order valence-electron chi connectivity index (χ0n) is 10.8. The minimum Gasteiger partial charge on any atom is -0.398 e. The van der Waals surface area contributed by atoms with Crippen LogP contribution >= 0.6 is 15.9 Å². The third kappa shape index (κ3) is 2.02. The molecule has 0 saturated carbocycles. The maximum Gasteiger partial charge on any atom is 0.140 e. The number of pyridine rings is 1. The van der Waals surface area contributed by atoms with Crippen LogP contribution in [0.4, 0.5) is 5.69 Å². The Labute approximate surface area is 120 Å². The van der Waals surface area contributed by atoms with Gasteiger partial charge in [-0.15, -0.1) is 0 Å². The summed E-state index contributed by atoms with van der Waals surface area (Å²) in [6, 6.07) is 10.1. The van der Waals surface area contributed by atoms with Crippen molar-refractivity contribution in [2.24, 2.45) is 0 Å². The van der Waals surface area contributed by atoms with Crippen LogP contribution in [0.1, 0.15) is 11.3 Å². The maximum absolute atomic E-state index is 5.91. The van der Waals surface area contributed by atoms with Crippen molar-refractivity contribution in [2.45, 2.75) is 13.8 Å². The van der Waals surface area contributed by atoms with Crippen LogP contribution < -0.4 is 5.73 Å². The number of hydrogen-bond donors (Lipinski definition) is 1. The Bertz CT molecular complexity index is 757. The third-order valence-corrected chi connectivity index (χ3v) is 3.81. The third-order valence-electron chi connectivity index (χ3n) is 3.28. The number of fused-ring (bicyclic) bond motifs is 1. The molecule has 2 aromatic heterocycles. The van der Waals surface area contributed by atoms with Gasteiger partial charge >= 0.3 is 0 Å². The number of aryl methyl sites for hydroxylation is 2. The summed E-state index contributed by atoms with van der Waals surface area (Å²) < 4.78 is 3.13. The Morgan fingerprint density at radius 2 is 1.84 bits per heavy atom. The summed E-state index contributed by atoms with van der Waals surface area (Å²) in [7, 11) is 0. The van der Waals surface area contributed by atoms with Gasteiger partial charge in [0.15, 0.2) is 0 Å². The van der Waals surface area contributed by atoms with Crippen LogP contribution in [0.3, 0.4) is 0 Å². The second-order valence-electron chi connectivity index (χ2n) is 4.70. The van der Waals surface area contributed by atoms with E-state index >= 15 is 0 Å². The van der Waals surface area contributed by atoms with Crippen LogP contribution in [0, 0.1) is 13.8 Å². The minimum absolute atomic E-state index is 0.757. The van der Waals surface area contributed by atoms with Crippen molar-refractivity contribution in [3.05, 3.63) is 52.3 Å². The van der Waals surface area contributed by atoms with Gasteiger partial charge in [0.2, 0.25) is 0 Å². The molecule has 3 aromatic rings. The molecule has 0 atom stereocenters. The molecule has 4 heteroatoms. The lowest BCUT2D eigenvalue weighted by Gasteiger charge is -2.02. The molecule has 0 spiro atoms. The second-order valence-corrected chi connectivity index (χ2v) is 5.62. The molecule has 0 radical (unpaired) electrons. The molecule has 2 heterocycles. The average molecular weight is 316 g/mol. The van der Waals surface area contributed by atoms with Crippen LogP contribution in [-0.2, 0) is 0 Å². The molecule has 1 aromatic carbocycles. The highest BCUT2D eigenvalue weighted by molar-refractivity contribution is 9.10. The Balaban J connectivity index is 2.28. The van der Waals surface area contributed by atoms with Gasteiger partial charge < -0.3 is 10.1 Å². The predicted molar refractivity (Wildman–Crippen MR) is 82.2 cm³/mol. The monoisotopic (exact) mass is 315 g/mol. The van der Waals surface area contributed by atoms with Gasteiger partial charge in [0.05, 0.1) is 5.69 Å². The number of nitrogens with two attached hydrogens (primary N) is 1. The van der Waals surface area contributed by atoms with E-state index in [0.717, 1.165) is 38.3 Å². The highest BCUT2D eigenvalue weighted by atomic mass is 79.9. The summed E-state index contributed by atoms with van der Waals surface area (Å²) in [5, 5.41) is 0. The lowest BCUT2D eigenvalue weighted by Crippen LogP contribution is -1.94. The molecule has 0 aliphatic carbocycles. The standard InChI is InChI=1S/C15H14BrN3/c1-9-7-13(17)8-19-10(2)14(18-15(9)19)11-3-5-12(16)6-4-11/h3-8H,17H2,1-2H3. The predicted octanol–water partition coefficient (Wildman–Crippen LogP) is 3.96. The molecule has 0 aliphatic rings. The van der Waals surface area contributed by atoms with E-state index in [4.69, 9.17) is 10.7 Å². The molecular weight excluding hydrogens is 302 g/mol. The SMILES string of the molecule is Cc1cc(N)cn2c(C)c(-c3ccc(Br)cc3)nc12. The minimum atomic E-state index is 0.757. The quantitative estimate of drug-likeness (QED) is 0.738. The van der Waals surface area contributed by atoms with E-state index in [2.05, 4.69) is 39.4 Å². The molecule has 0 amide bonds. The molecule has 3 nitrogen and oxygen atoms in total. The van der Waals surface area contributed by atoms with Crippen molar-refractivity contribution < 1.29 is 0 Å². The number of halogens is 1. The fourth-order valence-electron chi connectivity index (χ4n) is 2.33. The van der Waals surface area contributed by atoms with Gasteiger partial charge in [0, 0.05) is 27.6 Å². The zero-order valence-corrected chi connectivity index (χ0v) is 12.4. The number of benzene rings is 1. The average Bonchev–Trinajstić information content (AvgIpc) is 2.69. The van der Waals surface area contributed by atoms with Crippen molar-refractivity contribution in [1.82, 2.24) is 9.38 Å². The fourth-order valence-corrected chi connectivity index (χ4v) is 2.60. The molecule has 19 heavy (non-hydrogen) atoms. The zero-order chi connectivity index (χ0) is 13.6. The molecule has 96 valence electrons. The smallest absolute Gasteiger partial charge is 0.140 e. The summed E-state index contributed by atoms with van der Waals surface area (Å²) in [5.74, 6) is 0. The van der Waals surface area contributed by atoms with E-state index in [1.807, 2.05) is 31.3 Å². The van der Waals surface area contributed by atoms with Crippen LogP contribution in [0.5, 0.6) is 0 Å². The van der Waals surface area contributed by atoms with Crippen LogP contribution in [0.2, 0.25) is 0 Å². The number of rotatable bonds is 1. The van der Waals surface area contributed by atoms with Crippen molar-refractivity contribution in [3.63, 3.8) is 0 Å². The number of imidazole rings is 1. The molecule has 0 saturated heterocycles. The first-order chi connectivity index (χ1) is 9.06. The van der Waals surface area contributed by atoms with Gasteiger partial charge in [0.1, 0.15) is 5.65 Å².